The molecule has 0 aliphatic carbocycles. The van der Waals surface area contributed by atoms with Crippen molar-refractivity contribution >= 4 is 22.4 Å². The zero-order chi connectivity index (χ0) is 18.2. The zero-order valence-corrected chi connectivity index (χ0v) is 13.6. The lowest BCUT2D eigenvalue weighted by atomic mass is 10.3. The first-order chi connectivity index (χ1) is 11.7. The van der Waals surface area contributed by atoms with Crippen LogP contribution in [0.3, 0.4) is 0 Å². The second kappa shape index (κ2) is 6.29. The highest BCUT2D eigenvalue weighted by molar-refractivity contribution is 7.15. The lowest BCUT2D eigenvalue weighted by Crippen LogP contribution is -2.50. The van der Waals surface area contributed by atoms with Crippen molar-refractivity contribution in [3.8, 4) is 0 Å². The molecule has 1 aliphatic heterocycles. The number of esters is 1. The summed E-state index contributed by atoms with van der Waals surface area (Å²) in [5, 5.41) is 17.9. The van der Waals surface area contributed by atoms with E-state index >= 15 is 0 Å². The van der Waals surface area contributed by atoms with Crippen LogP contribution in [0.1, 0.15) is 15.5 Å². The fraction of sp³-hybridized carbons (Fsp3) is 0.385. The number of rotatable bonds is 3. The molecule has 3 heterocycles. The van der Waals surface area contributed by atoms with E-state index in [4.69, 9.17) is 4.74 Å². The van der Waals surface area contributed by atoms with Crippen molar-refractivity contribution in [1.29, 1.82) is 0 Å². The molecule has 25 heavy (non-hydrogen) atoms. The number of nitrogens with zero attached hydrogens (tertiary/aromatic N) is 5. The van der Waals surface area contributed by atoms with Gasteiger partial charge in [0.25, 0.3) is 6.23 Å². The van der Waals surface area contributed by atoms with E-state index in [2.05, 4.69) is 15.2 Å². The predicted molar refractivity (Wildman–Crippen MR) is 81.0 cm³/mol. The van der Waals surface area contributed by atoms with Crippen molar-refractivity contribution in [2.24, 2.45) is 0 Å². The molecule has 0 aromatic carbocycles. The Bertz CT molecular complexity index is 772. The largest absolute Gasteiger partial charge is 0.622 e. The van der Waals surface area contributed by atoms with Gasteiger partial charge in [-0.1, -0.05) is 11.2 Å². The van der Waals surface area contributed by atoms with Crippen LogP contribution in [-0.2, 0) is 10.9 Å². The molecule has 0 spiro atoms. The smallest absolute Gasteiger partial charge is 0.445 e. The first-order valence-electron chi connectivity index (χ1n) is 7.01. The van der Waals surface area contributed by atoms with Crippen molar-refractivity contribution < 1.29 is 22.7 Å². The maximum atomic E-state index is 13.1. The highest BCUT2D eigenvalue weighted by Gasteiger charge is 2.47. The van der Waals surface area contributed by atoms with E-state index < -0.39 is 33.2 Å². The van der Waals surface area contributed by atoms with Crippen LogP contribution in [0.2, 0.25) is 0 Å². The zero-order valence-electron chi connectivity index (χ0n) is 12.8. The molecule has 0 N–H and O–H groups in total. The Kier molecular flexibility index (Phi) is 4.45. The molecule has 2 aromatic rings. The molecule has 2 unspecified atom stereocenters. The summed E-state index contributed by atoms with van der Waals surface area (Å²) in [6.07, 6.45) is -4.58. The summed E-state index contributed by atoms with van der Waals surface area (Å²) in [6.45, 7) is -0.171. The van der Waals surface area contributed by atoms with E-state index in [0.29, 0.717) is 0 Å². The highest BCUT2D eigenvalue weighted by Crippen LogP contribution is 2.39. The molecule has 2 atom stereocenters. The third-order valence-corrected chi connectivity index (χ3v) is 4.56. The van der Waals surface area contributed by atoms with Gasteiger partial charge in [0.1, 0.15) is 12.4 Å². The van der Waals surface area contributed by atoms with Crippen molar-refractivity contribution in [1.82, 2.24) is 24.7 Å². The minimum atomic E-state index is -4.69. The lowest BCUT2D eigenvalue weighted by molar-refractivity contribution is -0.138. The first-order valence-corrected chi connectivity index (χ1v) is 7.82. The minimum Gasteiger partial charge on any atom is -0.622 e. The van der Waals surface area contributed by atoms with Gasteiger partial charge in [-0.15, -0.1) is 5.10 Å². The van der Waals surface area contributed by atoms with E-state index in [1.807, 2.05) is 0 Å². The molecule has 0 radical (unpaired) electrons. The summed E-state index contributed by atoms with van der Waals surface area (Å²) in [7, 11) is 1.59. The molecule has 0 saturated carbocycles. The van der Waals surface area contributed by atoms with Crippen LogP contribution in [-0.4, -0.2) is 52.5 Å². The number of alkyl halides is 3. The Hall–Kier alpha value is -2.15. The van der Waals surface area contributed by atoms with Gasteiger partial charge >= 0.3 is 17.3 Å². The standard InChI is InChI=1S/C13H12F3N5O3S/c1-20-6-9(24-10(22)8-4-2-3-5-17-8)21(23,7-20)12-19-18-11(25-12)13(14,15)16/h2-5,9H,6-7H2,1H3. The molecule has 8 nitrogen and oxygen atoms in total. The predicted octanol–water partition coefficient (Wildman–Crippen LogP) is 1.84. The number of hydroxylamine groups is 2. The van der Waals surface area contributed by atoms with Gasteiger partial charge in [-0.25, -0.2) is 14.7 Å². The summed E-state index contributed by atoms with van der Waals surface area (Å²) in [6, 6.07) is 4.59. The van der Waals surface area contributed by atoms with Gasteiger partial charge in [0, 0.05) is 6.20 Å². The Balaban J connectivity index is 1.85. The van der Waals surface area contributed by atoms with Gasteiger partial charge in [-0.2, -0.15) is 13.2 Å². The number of hydrogen-bond donors (Lipinski definition) is 0. The van der Waals surface area contributed by atoms with Gasteiger partial charge in [0.05, 0.1) is 6.54 Å². The Labute approximate surface area is 143 Å². The molecule has 1 saturated heterocycles. The topological polar surface area (TPSA) is 91.3 Å². The minimum absolute atomic E-state index is 0.00292. The van der Waals surface area contributed by atoms with E-state index in [-0.39, 0.29) is 30.2 Å². The van der Waals surface area contributed by atoms with Crippen LogP contribution >= 0.6 is 11.3 Å². The van der Waals surface area contributed by atoms with Gasteiger partial charge in [-0.05, 0) is 30.5 Å². The highest BCUT2D eigenvalue weighted by atomic mass is 32.1. The third kappa shape index (κ3) is 3.46. The number of hydrogen-bond acceptors (Lipinski definition) is 8. The van der Waals surface area contributed by atoms with Crippen molar-refractivity contribution in [2.75, 3.05) is 20.3 Å². The number of quaternary nitrogens is 1. The lowest BCUT2D eigenvalue weighted by Gasteiger charge is -2.38. The summed E-state index contributed by atoms with van der Waals surface area (Å²) in [5.74, 6) is -0.834. The van der Waals surface area contributed by atoms with E-state index in [9.17, 15) is 23.2 Å². The summed E-state index contributed by atoms with van der Waals surface area (Å²) in [5.41, 5.74) is -0.00292. The Morgan fingerprint density at radius 1 is 1.44 bits per heavy atom. The SMILES string of the molecule is CN1CC(OC(=O)c2ccccn2)[N+]([O-])(c2nnc(C(F)(F)F)s2)C1. The number of aromatic nitrogens is 3. The second-order valence-corrected chi connectivity index (χ2v) is 6.39. The molecule has 0 amide bonds. The van der Waals surface area contributed by atoms with Crippen molar-refractivity contribution in [3.63, 3.8) is 0 Å². The summed E-state index contributed by atoms with van der Waals surface area (Å²) >= 11 is 0.144. The van der Waals surface area contributed by atoms with Gasteiger partial charge in [0.2, 0.25) is 5.01 Å². The van der Waals surface area contributed by atoms with E-state index in [1.54, 1.807) is 19.2 Å². The molecule has 1 fully saturated rings. The van der Waals surface area contributed by atoms with Crippen molar-refractivity contribution in [3.05, 3.63) is 40.3 Å². The van der Waals surface area contributed by atoms with E-state index in [1.165, 1.54) is 17.2 Å². The molecule has 3 rings (SSSR count). The second-order valence-electron chi connectivity index (χ2n) is 5.44. The summed E-state index contributed by atoms with van der Waals surface area (Å²) < 4.78 is 42.0. The number of halogens is 3. The maximum Gasteiger partial charge on any atom is 0.445 e. The average Bonchev–Trinajstić information content (AvgIpc) is 3.14. The monoisotopic (exact) mass is 375 g/mol. The van der Waals surface area contributed by atoms with Gasteiger partial charge < -0.3 is 9.94 Å². The Morgan fingerprint density at radius 3 is 2.80 bits per heavy atom. The van der Waals surface area contributed by atoms with Crippen LogP contribution in [0.25, 0.3) is 0 Å². The quantitative estimate of drug-likeness (QED) is 0.459. The van der Waals surface area contributed by atoms with Gasteiger partial charge in [-0.3, -0.25) is 4.65 Å². The Morgan fingerprint density at radius 2 is 2.20 bits per heavy atom. The molecule has 1 aliphatic rings. The molecular formula is C13H12F3N5O3S. The first kappa shape index (κ1) is 17.7. The fourth-order valence-corrected chi connectivity index (χ4v) is 3.14. The van der Waals surface area contributed by atoms with Crippen molar-refractivity contribution in [2.45, 2.75) is 12.4 Å². The number of carbonyl (C=O) groups excluding carboxylic acids is 1. The molecule has 134 valence electrons. The fourth-order valence-electron chi connectivity index (χ4n) is 2.36. The van der Waals surface area contributed by atoms with Crippen LogP contribution < -0.4 is 4.65 Å². The average molecular weight is 375 g/mol. The summed E-state index contributed by atoms with van der Waals surface area (Å²) in [4.78, 5) is 17.5. The molecule has 2 aromatic heterocycles. The van der Waals surface area contributed by atoms with E-state index in [0.717, 1.165) is 0 Å². The van der Waals surface area contributed by atoms with Crippen LogP contribution in [0.5, 0.6) is 0 Å². The van der Waals surface area contributed by atoms with Crippen LogP contribution in [0.15, 0.2) is 24.4 Å². The van der Waals surface area contributed by atoms with Crippen LogP contribution in [0, 0.1) is 5.21 Å². The number of ether oxygens (including phenoxy) is 1. The molecule has 12 heteroatoms. The number of pyridine rings is 1. The number of likely N-dealkylation sites (N-methyl/N-ethyl adjacent to an activating group) is 1. The molecular weight excluding hydrogens is 363 g/mol. The van der Waals surface area contributed by atoms with Crippen LogP contribution in [0.4, 0.5) is 18.3 Å². The maximum absolute atomic E-state index is 13.1. The van der Waals surface area contributed by atoms with Gasteiger partial charge in [0.15, 0.2) is 0 Å². The number of carbonyl (C=O) groups is 1. The third-order valence-electron chi connectivity index (χ3n) is 3.48. The molecule has 0 bridgehead atoms. The normalized spacial score (nSPS) is 24.4.